The number of rotatable bonds is 5. The van der Waals surface area contributed by atoms with E-state index in [9.17, 15) is 4.79 Å². The monoisotopic (exact) mass is 341 g/mol. The van der Waals surface area contributed by atoms with E-state index in [1.807, 2.05) is 43.3 Å². The van der Waals surface area contributed by atoms with Crippen molar-refractivity contribution < 1.29 is 9.53 Å². The maximum atomic E-state index is 12.5. The van der Waals surface area contributed by atoms with E-state index in [4.69, 9.17) is 10.5 Å². The molecule has 3 N–H and O–H groups in total. The number of ether oxygens (including phenoxy) is 1. The van der Waals surface area contributed by atoms with Gasteiger partial charge in [-0.25, -0.2) is 4.98 Å². The second-order valence-electron chi connectivity index (χ2n) is 5.55. The minimum Gasteiger partial charge on any atom is -0.397 e. The fraction of sp³-hybridized carbons (Fsp3) is 0.222. The third kappa shape index (κ3) is 3.25. The van der Waals surface area contributed by atoms with Crippen molar-refractivity contribution in [3.8, 4) is 0 Å². The average molecular weight is 341 g/mol. The first kappa shape index (κ1) is 16.4. The number of hydrogen-bond donors (Lipinski definition) is 2. The number of nitrogens with zero attached hydrogens (tertiary/aromatic N) is 1. The van der Waals surface area contributed by atoms with Gasteiger partial charge in [0, 0.05) is 24.7 Å². The number of thiophene rings is 1. The maximum absolute atomic E-state index is 12.5. The van der Waals surface area contributed by atoms with E-state index in [-0.39, 0.29) is 5.91 Å². The Labute approximate surface area is 144 Å². The van der Waals surface area contributed by atoms with Gasteiger partial charge in [-0.15, -0.1) is 11.3 Å². The first-order chi connectivity index (χ1) is 11.6. The fourth-order valence-corrected chi connectivity index (χ4v) is 3.74. The van der Waals surface area contributed by atoms with Crippen LogP contribution < -0.4 is 11.1 Å². The quantitative estimate of drug-likeness (QED) is 0.747. The molecular weight excluding hydrogens is 322 g/mol. The summed E-state index contributed by atoms with van der Waals surface area (Å²) in [4.78, 5) is 18.3. The number of carbonyl (C=O) groups is 1. The Morgan fingerprint density at radius 3 is 2.79 bits per heavy atom. The van der Waals surface area contributed by atoms with Crippen LogP contribution in [0.4, 0.5) is 5.69 Å². The second-order valence-corrected chi connectivity index (χ2v) is 6.55. The summed E-state index contributed by atoms with van der Waals surface area (Å²) in [6.07, 6.45) is 0. The lowest BCUT2D eigenvalue weighted by molar-refractivity contribution is 0.0956. The topological polar surface area (TPSA) is 77.2 Å². The Kier molecular flexibility index (Phi) is 4.78. The third-order valence-electron chi connectivity index (χ3n) is 3.71. The largest absolute Gasteiger partial charge is 0.397 e. The molecule has 5 nitrogen and oxygen atoms in total. The molecule has 124 valence electrons. The van der Waals surface area contributed by atoms with Gasteiger partial charge < -0.3 is 15.8 Å². The molecule has 0 radical (unpaired) electrons. The maximum Gasteiger partial charge on any atom is 0.263 e. The lowest BCUT2D eigenvalue weighted by Crippen LogP contribution is -2.22. The van der Waals surface area contributed by atoms with Crippen molar-refractivity contribution in [3.63, 3.8) is 0 Å². The number of nitrogens with two attached hydrogens (primary N) is 1. The second kappa shape index (κ2) is 6.98. The van der Waals surface area contributed by atoms with Crippen LogP contribution in [0.25, 0.3) is 10.2 Å². The Morgan fingerprint density at radius 2 is 2.08 bits per heavy atom. The summed E-state index contributed by atoms with van der Waals surface area (Å²) in [5, 5.41) is 3.73. The molecule has 0 saturated carbocycles. The molecule has 6 heteroatoms. The standard InChI is InChI=1S/C18H19N3O2S/c1-11-8-13(10-23-2)14-15(19)16(24-18(14)21-11)17(22)20-9-12-6-4-3-5-7-12/h3-8H,9-10,19H2,1-2H3,(H,20,22). The number of hydrogen-bond acceptors (Lipinski definition) is 5. The molecule has 0 aliphatic heterocycles. The van der Waals surface area contributed by atoms with Crippen molar-refractivity contribution in [2.45, 2.75) is 20.1 Å². The Bertz CT molecular complexity index is 875. The highest BCUT2D eigenvalue weighted by atomic mass is 32.1. The zero-order valence-corrected chi connectivity index (χ0v) is 14.4. The van der Waals surface area contributed by atoms with E-state index < -0.39 is 0 Å². The number of amides is 1. The van der Waals surface area contributed by atoms with Gasteiger partial charge in [0.1, 0.15) is 9.71 Å². The van der Waals surface area contributed by atoms with E-state index >= 15 is 0 Å². The van der Waals surface area contributed by atoms with Crippen LogP contribution in [-0.4, -0.2) is 18.0 Å². The summed E-state index contributed by atoms with van der Waals surface area (Å²) >= 11 is 1.32. The van der Waals surface area contributed by atoms with E-state index in [0.717, 1.165) is 27.0 Å². The van der Waals surface area contributed by atoms with Crippen molar-refractivity contribution in [1.82, 2.24) is 10.3 Å². The molecule has 0 aliphatic rings. The average Bonchev–Trinajstić information content (AvgIpc) is 2.90. The highest BCUT2D eigenvalue weighted by molar-refractivity contribution is 7.21. The number of pyridine rings is 1. The van der Waals surface area contributed by atoms with E-state index in [2.05, 4.69) is 10.3 Å². The molecule has 3 aromatic rings. The van der Waals surface area contributed by atoms with Crippen LogP contribution in [0.3, 0.4) is 0 Å². The number of aromatic nitrogens is 1. The van der Waals surface area contributed by atoms with Crippen LogP contribution in [0.5, 0.6) is 0 Å². The first-order valence-corrected chi connectivity index (χ1v) is 8.41. The van der Waals surface area contributed by atoms with Gasteiger partial charge in [-0.3, -0.25) is 4.79 Å². The van der Waals surface area contributed by atoms with Crippen molar-refractivity contribution >= 4 is 33.1 Å². The van der Waals surface area contributed by atoms with Crippen LogP contribution in [-0.2, 0) is 17.9 Å². The molecule has 0 bridgehead atoms. The van der Waals surface area contributed by atoms with Crippen molar-refractivity contribution in [1.29, 1.82) is 0 Å². The normalized spacial score (nSPS) is 10.9. The molecule has 0 atom stereocenters. The number of methoxy groups -OCH3 is 1. The third-order valence-corrected chi connectivity index (χ3v) is 4.81. The lowest BCUT2D eigenvalue weighted by Gasteiger charge is -2.06. The van der Waals surface area contributed by atoms with Crippen molar-refractivity contribution in [3.05, 3.63) is 58.1 Å². The highest BCUT2D eigenvalue weighted by Gasteiger charge is 2.19. The summed E-state index contributed by atoms with van der Waals surface area (Å²) < 4.78 is 5.24. The smallest absolute Gasteiger partial charge is 0.263 e. The number of aryl methyl sites for hydroxylation is 1. The van der Waals surface area contributed by atoms with Gasteiger partial charge in [-0.2, -0.15) is 0 Å². The van der Waals surface area contributed by atoms with Crippen LogP contribution in [0.15, 0.2) is 36.4 Å². The molecule has 1 aromatic carbocycles. The molecule has 0 unspecified atom stereocenters. The van der Waals surface area contributed by atoms with Crippen LogP contribution in [0, 0.1) is 6.92 Å². The molecule has 24 heavy (non-hydrogen) atoms. The predicted molar refractivity (Wildman–Crippen MR) is 97.1 cm³/mol. The SMILES string of the molecule is COCc1cc(C)nc2sc(C(=O)NCc3ccccc3)c(N)c12. The number of benzene rings is 1. The number of nitrogens with one attached hydrogen (secondary N) is 1. The molecule has 0 fully saturated rings. The molecular formula is C18H19N3O2S. The van der Waals surface area contributed by atoms with Gasteiger partial charge in [-0.1, -0.05) is 30.3 Å². The fourth-order valence-electron chi connectivity index (χ4n) is 2.63. The highest BCUT2D eigenvalue weighted by Crippen LogP contribution is 2.35. The summed E-state index contributed by atoms with van der Waals surface area (Å²) in [7, 11) is 1.64. The van der Waals surface area contributed by atoms with Gasteiger partial charge in [-0.05, 0) is 24.1 Å². The number of fused-ring (bicyclic) bond motifs is 1. The minimum atomic E-state index is -0.180. The van der Waals surface area contributed by atoms with Crippen LogP contribution >= 0.6 is 11.3 Å². The molecule has 3 rings (SSSR count). The number of nitrogen functional groups attached to an aromatic ring is 1. The zero-order valence-electron chi connectivity index (χ0n) is 13.6. The van der Waals surface area contributed by atoms with Crippen LogP contribution in [0.1, 0.15) is 26.5 Å². The van der Waals surface area contributed by atoms with Gasteiger partial charge in [0.05, 0.1) is 12.3 Å². The van der Waals surface area contributed by atoms with Crippen molar-refractivity contribution in [2.75, 3.05) is 12.8 Å². The Balaban J connectivity index is 1.90. The molecule has 0 spiro atoms. The Hall–Kier alpha value is -2.44. The number of anilines is 1. The molecule has 0 saturated heterocycles. The van der Waals surface area contributed by atoms with E-state index in [1.165, 1.54) is 11.3 Å². The molecule has 2 heterocycles. The molecule has 1 amide bonds. The molecule has 2 aromatic heterocycles. The summed E-state index contributed by atoms with van der Waals surface area (Å²) in [5.74, 6) is -0.180. The van der Waals surface area contributed by atoms with Gasteiger partial charge in [0.2, 0.25) is 0 Å². The van der Waals surface area contributed by atoms with Crippen LogP contribution in [0.2, 0.25) is 0 Å². The summed E-state index contributed by atoms with van der Waals surface area (Å²) in [6, 6.07) is 11.7. The van der Waals surface area contributed by atoms with E-state index in [1.54, 1.807) is 7.11 Å². The Morgan fingerprint density at radius 1 is 1.33 bits per heavy atom. The number of carbonyl (C=O) groups excluding carboxylic acids is 1. The lowest BCUT2D eigenvalue weighted by atomic mass is 10.1. The van der Waals surface area contributed by atoms with Gasteiger partial charge in [0.15, 0.2) is 0 Å². The summed E-state index contributed by atoms with van der Waals surface area (Å²) in [6.45, 7) is 2.82. The predicted octanol–water partition coefficient (Wildman–Crippen LogP) is 3.26. The van der Waals surface area contributed by atoms with Gasteiger partial charge >= 0.3 is 0 Å². The van der Waals surface area contributed by atoms with E-state index in [0.29, 0.717) is 23.7 Å². The molecule has 0 aliphatic carbocycles. The minimum absolute atomic E-state index is 0.180. The van der Waals surface area contributed by atoms with Crippen molar-refractivity contribution in [2.24, 2.45) is 0 Å². The first-order valence-electron chi connectivity index (χ1n) is 7.59. The summed E-state index contributed by atoms with van der Waals surface area (Å²) in [5.41, 5.74) is 9.59. The van der Waals surface area contributed by atoms with Gasteiger partial charge in [0.25, 0.3) is 5.91 Å². The zero-order chi connectivity index (χ0) is 17.1.